The summed E-state index contributed by atoms with van der Waals surface area (Å²) >= 11 is 1.71. The van der Waals surface area contributed by atoms with Crippen LogP contribution in [0.4, 0.5) is 0 Å². The van der Waals surface area contributed by atoms with Crippen LogP contribution in [0.2, 0.25) is 0 Å². The highest BCUT2D eigenvalue weighted by molar-refractivity contribution is 7.23. The van der Waals surface area contributed by atoms with Crippen molar-refractivity contribution in [2.75, 3.05) is 6.61 Å². The number of aliphatic hydroxyl groups excluding tert-OH is 1. The van der Waals surface area contributed by atoms with E-state index in [-0.39, 0.29) is 12.0 Å². The van der Waals surface area contributed by atoms with Crippen LogP contribution in [-0.4, -0.2) is 21.1 Å². The average Bonchev–Trinajstić information content (AvgIpc) is 2.87. The molecule has 1 aromatic carbocycles. The molecule has 0 amide bonds. The van der Waals surface area contributed by atoms with E-state index in [4.69, 9.17) is 0 Å². The van der Waals surface area contributed by atoms with Gasteiger partial charge in [0.2, 0.25) is 0 Å². The first-order valence-electron chi connectivity index (χ1n) is 6.29. The van der Waals surface area contributed by atoms with Gasteiger partial charge in [-0.1, -0.05) is 23.8 Å². The smallest absolute Gasteiger partial charge is 0.194 e. The van der Waals surface area contributed by atoms with Gasteiger partial charge in [-0.2, -0.15) is 0 Å². The van der Waals surface area contributed by atoms with Crippen molar-refractivity contribution in [1.82, 2.24) is 9.38 Å². The number of aliphatic hydroxyl groups is 1. The summed E-state index contributed by atoms with van der Waals surface area (Å²) in [4.78, 5) is 5.37. The van der Waals surface area contributed by atoms with Crippen LogP contribution in [0.3, 0.4) is 0 Å². The number of thiazole rings is 1. The summed E-state index contributed by atoms with van der Waals surface area (Å²) in [7, 11) is 0. The molecule has 0 saturated heterocycles. The number of benzene rings is 1. The minimum absolute atomic E-state index is 0.0280. The molecule has 3 nitrogen and oxygen atoms in total. The zero-order valence-electron chi connectivity index (χ0n) is 9.97. The molecule has 2 aromatic heterocycles. The van der Waals surface area contributed by atoms with E-state index in [1.165, 1.54) is 22.2 Å². The van der Waals surface area contributed by atoms with Crippen molar-refractivity contribution >= 4 is 26.5 Å². The lowest BCUT2D eigenvalue weighted by atomic mass is 9.65. The van der Waals surface area contributed by atoms with Crippen molar-refractivity contribution in [1.29, 1.82) is 0 Å². The lowest BCUT2D eigenvalue weighted by Gasteiger charge is -2.40. The van der Waals surface area contributed by atoms with Crippen LogP contribution >= 0.6 is 11.3 Å². The van der Waals surface area contributed by atoms with E-state index in [0.29, 0.717) is 0 Å². The molecule has 1 saturated carbocycles. The maximum atomic E-state index is 9.65. The molecule has 1 N–H and O–H groups in total. The Morgan fingerprint density at radius 1 is 1.39 bits per heavy atom. The van der Waals surface area contributed by atoms with Crippen LogP contribution in [0.25, 0.3) is 15.2 Å². The van der Waals surface area contributed by atoms with Crippen LogP contribution in [0, 0.1) is 0 Å². The molecule has 0 aliphatic heterocycles. The van der Waals surface area contributed by atoms with Gasteiger partial charge in [0.15, 0.2) is 4.96 Å². The van der Waals surface area contributed by atoms with Crippen LogP contribution in [0.15, 0.2) is 30.6 Å². The van der Waals surface area contributed by atoms with E-state index >= 15 is 0 Å². The minimum Gasteiger partial charge on any atom is -0.395 e. The average molecular weight is 258 g/mol. The van der Waals surface area contributed by atoms with Crippen molar-refractivity contribution in [3.05, 3.63) is 36.2 Å². The molecule has 0 spiro atoms. The summed E-state index contributed by atoms with van der Waals surface area (Å²) in [6, 6.07) is 6.57. The Balaban J connectivity index is 1.93. The van der Waals surface area contributed by atoms with Crippen molar-refractivity contribution in [3.63, 3.8) is 0 Å². The third-order valence-electron chi connectivity index (χ3n) is 4.25. The Bertz CT molecular complexity index is 718. The molecule has 4 rings (SSSR count). The quantitative estimate of drug-likeness (QED) is 0.767. The largest absolute Gasteiger partial charge is 0.395 e. The van der Waals surface area contributed by atoms with E-state index in [9.17, 15) is 5.11 Å². The molecular weight excluding hydrogens is 244 g/mol. The first-order valence-corrected chi connectivity index (χ1v) is 7.11. The second-order valence-electron chi connectivity index (χ2n) is 5.16. The lowest BCUT2D eigenvalue weighted by molar-refractivity contribution is 0.120. The fourth-order valence-corrected chi connectivity index (χ4v) is 3.94. The van der Waals surface area contributed by atoms with Gasteiger partial charge < -0.3 is 5.11 Å². The van der Waals surface area contributed by atoms with Crippen molar-refractivity contribution in [2.24, 2.45) is 0 Å². The molecular formula is C14H14N2OS. The highest BCUT2D eigenvalue weighted by Gasteiger charge is 2.38. The number of imidazole rings is 1. The first kappa shape index (κ1) is 10.5. The third kappa shape index (κ3) is 1.25. The number of hydrogen-bond donors (Lipinski definition) is 1. The Kier molecular flexibility index (Phi) is 2.08. The Labute approximate surface area is 109 Å². The molecule has 0 atom stereocenters. The number of fused-ring (bicyclic) bond motifs is 3. The van der Waals surface area contributed by atoms with E-state index in [0.717, 1.165) is 17.8 Å². The van der Waals surface area contributed by atoms with Gasteiger partial charge in [-0.3, -0.25) is 4.40 Å². The second kappa shape index (κ2) is 3.56. The second-order valence-corrected chi connectivity index (χ2v) is 6.17. The van der Waals surface area contributed by atoms with Crippen molar-refractivity contribution in [2.45, 2.75) is 24.7 Å². The number of hydrogen-bond acceptors (Lipinski definition) is 3. The van der Waals surface area contributed by atoms with E-state index < -0.39 is 0 Å². The number of aromatic nitrogens is 2. The fourth-order valence-electron chi connectivity index (χ4n) is 2.91. The number of rotatable bonds is 2. The normalized spacial score (nSPS) is 18.3. The van der Waals surface area contributed by atoms with Crippen molar-refractivity contribution < 1.29 is 5.11 Å². The zero-order chi connectivity index (χ0) is 12.2. The maximum Gasteiger partial charge on any atom is 0.194 e. The molecule has 1 aliphatic rings. The molecule has 4 heteroatoms. The van der Waals surface area contributed by atoms with Crippen molar-refractivity contribution in [3.8, 4) is 0 Å². The summed E-state index contributed by atoms with van der Waals surface area (Å²) in [5, 5.41) is 9.65. The summed E-state index contributed by atoms with van der Waals surface area (Å²) in [6.07, 6.45) is 7.28. The topological polar surface area (TPSA) is 37.5 Å². The maximum absolute atomic E-state index is 9.65. The first-order chi connectivity index (χ1) is 8.82. The van der Waals surface area contributed by atoms with Crippen LogP contribution in [0.5, 0.6) is 0 Å². The highest BCUT2D eigenvalue weighted by Crippen LogP contribution is 2.44. The predicted octanol–water partition coefficient (Wildman–Crippen LogP) is 2.96. The molecule has 1 fully saturated rings. The SMILES string of the molecule is OCC1(c2ccc3c(c2)sc2nccn23)CCC1. The van der Waals surface area contributed by atoms with Crippen LogP contribution in [-0.2, 0) is 5.41 Å². The summed E-state index contributed by atoms with van der Waals surface area (Å²) in [6.45, 7) is 0.265. The van der Waals surface area contributed by atoms with Gasteiger partial charge in [0.25, 0.3) is 0 Å². The zero-order valence-corrected chi connectivity index (χ0v) is 10.8. The third-order valence-corrected chi connectivity index (χ3v) is 5.28. The molecule has 3 aromatic rings. The Hall–Kier alpha value is -1.39. The number of nitrogens with zero attached hydrogens (tertiary/aromatic N) is 2. The van der Waals surface area contributed by atoms with Gasteiger partial charge in [-0.25, -0.2) is 4.98 Å². The van der Waals surface area contributed by atoms with E-state index in [2.05, 4.69) is 27.6 Å². The minimum atomic E-state index is 0.0280. The van der Waals surface area contributed by atoms with Gasteiger partial charge in [0.05, 0.1) is 16.8 Å². The lowest BCUT2D eigenvalue weighted by Crippen LogP contribution is -2.37. The Morgan fingerprint density at radius 2 is 2.28 bits per heavy atom. The van der Waals surface area contributed by atoms with Gasteiger partial charge in [0, 0.05) is 17.8 Å². The standard InChI is InChI=1S/C14H14N2OS/c17-9-14(4-1-5-14)10-2-3-11-12(8-10)18-13-15-6-7-16(11)13/h2-3,6-8,17H,1,4-5,9H2. The summed E-state index contributed by atoms with van der Waals surface area (Å²) < 4.78 is 3.38. The fraction of sp³-hybridized carbons (Fsp3) is 0.357. The van der Waals surface area contributed by atoms with Gasteiger partial charge in [-0.15, -0.1) is 0 Å². The van der Waals surface area contributed by atoms with Gasteiger partial charge in [0.1, 0.15) is 0 Å². The summed E-state index contributed by atoms with van der Waals surface area (Å²) in [5.41, 5.74) is 2.53. The molecule has 2 heterocycles. The molecule has 0 unspecified atom stereocenters. The molecule has 0 bridgehead atoms. The molecule has 18 heavy (non-hydrogen) atoms. The predicted molar refractivity (Wildman–Crippen MR) is 73.2 cm³/mol. The Morgan fingerprint density at radius 3 is 3.00 bits per heavy atom. The van der Waals surface area contributed by atoms with Crippen LogP contribution in [0.1, 0.15) is 24.8 Å². The van der Waals surface area contributed by atoms with E-state index in [1.807, 2.05) is 12.4 Å². The van der Waals surface area contributed by atoms with E-state index in [1.54, 1.807) is 11.3 Å². The van der Waals surface area contributed by atoms with Gasteiger partial charge >= 0.3 is 0 Å². The summed E-state index contributed by atoms with van der Waals surface area (Å²) in [5.74, 6) is 0. The van der Waals surface area contributed by atoms with Crippen LogP contribution < -0.4 is 0 Å². The molecule has 92 valence electrons. The van der Waals surface area contributed by atoms with Gasteiger partial charge in [-0.05, 0) is 30.5 Å². The monoisotopic (exact) mass is 258 g/mol. The highest BCUT2D eigenvalue weighted by atomic mass is 32.1. The molecule has 0 radical (unpaired) electrons. The molecule has 1 aliphatic carbocycles.